The van der Waals surface area contributed by atoms with Crippen molar-refractivity contribution in [3.63, 3.8) is 0 Å². The molecule has 1 aromatic carbocycles. The molecule has 0 heterocycles. The minimum absolute atomic E-state index is 0.104. The van der Waals surface area contributed by atoms with Crippen LogP contribution in [0.3, 0.4) is 0 Å². The smallest absolute Gasteiger partial charge is 0.309 e. The number of amides is 1. The van der Waals surface area contributed by atoms with Crippen LogP contribution in [0.1, 0.15) is 60.9 Å². The number of hydrogen-bond donors (Lipinski definition) is 5. The van der Waals surface area contributed by atoms with Crippen molar-refractivity contribution in [2.75, 3.05) is 14.1 Å². The van der Waals surface area contributed by atoms with Gasteiger partial charge in [0.1, 0.15) is 28.9 Å². The first-order chi connectivity index (χ1) is 18.8. The lowest BCUT2D eigenvalue weighted by Gasteiger charge is -2.54. The molecule has 1 amide bonds. The average molecular weight is 555 g/mol. The molecule has 4 aliphatic carbocycles. The lowest BCUT2D eigenvalue weighted by Crippen LogP contribution is -2.69. The van der Waals surface area contributed by atoms with Crippen molar-refractivity contribution in [1.82, 2.24) is 4.90 Å². The van der Waals surface area contributed by atoms with Crippen LogP contribution in [-0.4, -0.2) is 80.6 Å². The maximum absolute atomic E-state index is 13.9. The molecule has 4 aliphatic rings. The zero-order chi connectivity index (χ0) is 29.3. The molecule has 1 saturated carbocycles. The molecule has 0 saturated heterocycles. The second-order valence-corrected chi connectivity index (χ2v) is 11.5. The molecule has 0 spiro atoms. The molecule has 6 atom stereocenters. The Labute approximate surface area is 230 Å². The van der Waals surface area contributed by atoms with E-state index in [0.717, 1.165) is 19.3 Å². The summed E-state index contributed by atoms with van der Waals surface area (Å²) in [4.78, 5) is 54.9. The van der Waals surface area contributed by atoms with Crippen molar-refractivity contribution >= 4 is 23.4 Å². The molecule has 0 aliphatic heterocycles. The third kappa shape index (κ3) is 3.78. The number of likely N-dealkylation sites (N-methyl/N-ethyl adjacent to an activating group) is 1. The van der Waals surface area contributed by atoms with Crippen LogP contribution in [0.25, 0.3) is 0 Å². The number of hydrogen-bond acceptors (Lipinski definition) is 10. The molecule has 214 valence electrons. The van der Waals surface area contributed by atoms with Crippen molar-refractivity contribution in [2.45, 2.75) is 62.7 Å². The Morgan fingerprint density at radius 3 is 2.33 bits per heavy atom. The van der Waals surface area contributed by atoms with Gasteiger partial charge >= 0.3 is 5.97 Å². The number of carbonyl (C=O) groups is 4. The number of aliphatic hydroxyl groups is 3. The maximum Gasteiger partial charge on any atom is 0.309 e. The van der Waals surface area contributed by atoms with E-state index in [9.17, 15) is 39.6 Å². The van der Waals surface area contributed by atoms with Crippen molar-refractivity contribution in [3.05, 3.63) is 52.0 Å². The minimum Gasteiger partial charge on any atom is -0.510 e. The molecule has 5 rings (SSSR count). The molecule has 6 N–H and O–H groups in total. The van der Waals surface area contributed by atoms with Crippen LogP contribution in [0.5, 0.6) is 5.75 Å². The number of ketones is 2. The molecule has 0 aromatic heterocycles. The number of Topliss-reactive ketones (excluding diaryl/α,β-unsaturated/α-hetero) is 2. The van der Waals surface area contributed by atoms with Gasteiger partial charge in [-0.1, -0.05) is 38.3 Å². The molecule has 11 heteroatoms. The highest BCUT2D eigenvalue weighted by molar-refractivity contribution is 6.25. The van der Waals surface area contributed by atoms with Crippen LogP contribution in [-0.2, 0) is 19.1 Å². The SMILES string of the molecule is C[C@@H]1c2cccc(O)c2C(=O)C2=C(O)[C@]3(O)C(=O)C(C(N)=O)=C(O)[C@H](N(C)C)[C@H]3[C@@H](OC(=O)C3CCCCC3)[C@H]21. The van der Waals surface area contributed by atoms with Gasteiger partial charge in [-0.05, 0) is 44.5 Å². The van der Waals surface area contributed by atoms with Gasteiger partial charge in [0.05, 0.1) is 23.4 Å². The monoisotopic (exact) mass is 554 g/mol. The van der Waals surface area contributed by atoms with Crippen molar-refractivity contribution in [3.8, 4) is 5.75 Å². The van der Waals surface area contributed by atoms with Gasteiger partial charge in [0.2, 0.25) is 5.78 Å². The fraction of sp³-hybridized carbons (Fsp3) is 0.517. The molecule has 0 unspecified atom stereocenters. The van der Waals surface area contributed by atoms with Crippen LogP contribution in [0.15, 0.2) is 40.9 Å². The molecule has 11 nitrogen and oxygen atoms in total. The normalized spacial score (nSPS) is 32.5. The van der Waals surface area contributed by atoms with Crippen LogP contribution in [0.2, 0.25) is 0 Å². The number of aromatic hydroxyl groups is 1. The van der Waals surface area contributed by atoms with E-state index in [2.05, 4.69) is 0 Å². The van der Waals surface area contributed by atoms with Gasteiger partial charge in [-0.2, -0.15) is 0 Å². The Balaban J connectivity index is 1.79. The Morgan fingerprint density at radius 1 is 1.07 bits per heavy atom. The van der Waals surface area contributed by atoms with Crippen LogP contribution >= 0.6 is 0 Å². The third-order valence-corrected chi connectivity index (χ3v) is 9.16. The fourth-order valence-electron chi connectivity index (χ4n) is 7.26. The number of ether oxygens (including phenoxy) is 1. The number of nitrogens with two attached hydrogens (primary N) is 1. The number of aliphatic hydroxyl groups excluding tert-OH is 2. The third-order valence-electron chi connectivity index (χ3n) is 9.16. The number of benzene rings is 1. The van der Waals surface area contributed by atoms with E-state index < -0.39 is 87.5 Å². The van der Waals surface area contributed by atoms with Gasteiger partial charge in [-0.15, -0.1) is 0 Å². The van der Waals surface area contributed by atoms with Gasteiger partial charge in [0, 0.05) is 11.5 Å². The topological polar surface area (TPSA) is 188 Å². The van der Waals surface area contributed by atoms with E-state index in [4.69, 9.17) is 10.5 Å². The summed E-state index contributed by atoms with van der Waals surface area (Å²) in [5.41, 5.74) is 1.52. The first kappa shape index (κ1) is 27.9. The highest BCUT2D eigenvalue weighted by Crippen LogP contribution is 2.56. The number of esters is 1. The van der Waals surface area contributed by atoms with Crippen LogP contribution < -0.4 is 5.73 Å². The second kappa shape index (κ2) is 9.74. The van der Waals surface area contributed by atoms with E-state index in [0.29, 0.717) is 18.4 Å². The maximum atomic E-state index is 13.9. The molecular weight excluding hydrogens is 520 g/mol. The number of fused-ring (bicyclic) bond motifs is 3. The Kier molecular flexibility index (Phi) is 6.78. The van der Waals surface area contributed by atoms with E-state index in [1.807, 2.05) is 0 Å². The summed E-state index contributed by atoms with van der Waals surface area (Å²) in [5.74, 6) is -9.84. The Bertz CT molecular complexity index is 1370. The van der Waals surface area contributed by atoms with E-state index in [-0.39, 0.29) is 11.3 Å². The quantitative estimate of drug-likeness (QED) is 0.271. The number of nitrogens with zero attached hydrogens (tertiary/aromatic N) is 1. The first-order valence-corrected chi connectivity index (χ1v) is 13.5. The number of rotatable bonds is 4. The van der Waals surface area contributed by atoms with E-state index >= 15 is 0 Å². The van der Waals surface area contributed by atoms with Crippen molar-refractivity contribution < 1.29 is 44.3 Å². The number of phenolic OH excluding ortho intramolecular Hbond substituents is 1. The molecule has 0 bridgehead atoms. The number of carbonyl (C=O) groups excluding carboxylic acids is 4. The summed E-state index contributed by atoms with van der Waals surface area (Å²) in [5, 5.41) is 45.4. The van der Waals surface area contributed by atoms with Crippen molar-refractivity contribution in [2.24, 2.45) is 23.5 Å². The van der Waals surface area contributed by atoms with Crippen LogP contribution in [0, 0.1) is 17.8 Å². The van der Waals surface area contributed by atoms with Crippen molar-refractivity contribution in [1.29, 1.82) is 0 Å². The molecule has 1 aromatic rings. The van der Waals surface area contributed by atoms with E-state index in [1.54, 1.807) is 19.1 Å². The average Bonchev–Trinajstić information content (AvgIpc) is 2.90. The highest BCUT2D eigenvalue weighted by Gasteiger charge is 2.68. The van der Waals surface area contributed by atoms with Crippen LogP contribution in [0.4, 0.5) is 0 Å². The summed E-state index contributed by atoms with van der Waals surface area (Å²) in [6.07, 6.45) is 2.45. The molecule has 40 heavy (non-hydrogen) atoms. The second-order valence-electron chi connectivity index (χ2n) is 11.5. The predicted octanol–water partition coefficient (Wildman–Crippen LogP) is 1.78. The predicted molar refractivity (Wildman–Crippen MR) is 140 cm³/mol. The van der Waals surface area contributed by atoms with Gasteiger partial charge < -0.3 is 30.9 Å². The molecule has 0 radical (unpaired) electrons. The lowest BCUT2D eigenvalue weighted by atomic mass is 9.55. The summed E-state index contributed by atoms with van der Waals surface area (Å²) >= 11 is 0. The van der Waals surface area contributed by atoms with Gasteiger partial charge in [-0.25, -0.2) is 0 Å². The molecule has 1 fully saturated rings. The summed E-state index contributed by atoms with van der Waals surface area (Å²) in [7, 11) is 3.05. The summed E-state index contributed by atoms with van der Waals surface area (Å²) in [6, 6.07) is 3.22. The Hall–Kier alpha value is -3.70. The fourth-order valence-corrected chi connectivity index (χ4v) is 7.26. The van der Waals surface area contributed by atoms with E-state index in [1.165, 1.54) is 25.1 Å². The first-order valence-electron chi connectivity index (χ1n) is 13.5. The summed E-state index contributed by atoms with van der Waals surface area (Å²) < 4.78 is 6.13. The highest BCUT2D eigenvalue weighted by atomic mass is 16.5. The summed E-state index contributed by atoms with van der Waals surface area (Å²) in [6.45, 7) is 1.73. The zero-order valence-electron chi connectivity index (χ0n) is 22.6. The number of primary amides is 1. The lowest BCUT2D eigenvalue weighted by molar-refractivity contribution is -0.184. The molecular formula is C29H34N2O9. The minimum atomic E-state index is -2.94. The van der Waals surface area contributed by atoms with Gasteiger partial charge in [0.15, 0.2) is 11.4 Å². The van der Waals surface area contributed by atoms with Gasteiger partial charge in [0.25, 0.3) is 5.91 Å². The standard InChI is InChI=1S/C29H34N2O9/c1-12-14-10-7-11-15(32)17(14)22(33)18-16(12)24(40-28(38)13-8-5-4-6-9-13)20-21(31(2)3)23(34)19(27(30)37)26(36)29(20,39)25(18)35/h7,10-13,16,20-21,24,32,34-35,39H,4-6,8-9H2,1-3H3,(H2,30,37)/t12-,16+,20+,21-,24+,29+/m1/s1. The number of phenols is 1. The largest absolute Gasteiger partial charge is 0.510 e. The zero-order valence-corrected chi connectivity index (χ0v) is 22.6. The van der Waals surface area contributed by atoms with Gasteiger partial charge in [-0.3, -0.25) is 24.1 Å². The Morgan fingerprint density at radius 2 is 1.73 bits per heavy atom.